The Balaban J connectivity index is 0.00000144. The summed E-state index contributed by atoms with van der Waals surface area (Å²) in [6, 6.07) is 11.0. The molecule has 1 aromatic rings. The molecule has 104 valence electrons. The first kappa shape index (κ1) is 17.7. The maximum atomic E-state index is 9.05. The van der Waals surface area contributed by atoms with Gasteiger partial charge >= 0.3 is 0 Å². The van der Waals surface area contributed by atoms with E-state index < -0.39 is 0 Å². The van der Waals surface area contributed by atoms with Gasteiger partial charge in [-0.2, -0.15) is 0 Å². The van der Waals surface area contributed by atoms with Crippen LogP contribution in [-0.4, -0.2) is 42.3 Å². The lowest BCUT2D eigenvalue weighted by atomic mass is 10.1. The highest BCUT2D eigenvalue weighted by Gasteiger charge is 2.21. The molecule has 5 heteroatoms. The minimum absolute atomic E-state index is 0. The molecule has 1 aliphatic rings. The first-order valence-corrected chi connectivity index (χ1v) is 5.99. The van der Waals surface area contributed by atoms with Crippen LogP contribution in [-0.2, 0) is 6.54 Å². The Labute approximate surface area is 121 Å². The third-order valence-electron chi connectivity index (χ3n) is 3.16. The van der Waals surface area contributed by atoms with Crippen molar-refractivity contribution in [1.29, 1.82) is 0 Å². The fraction of sp³-hybridized carbons (Fsp3) is 0.538. The second-order valence-electron chi connectivity index (χ2n) is 4.33. The highest BCUT2D eigenvalue weighted by Crippen LogP contribution is 2.12. The number of rotatable bonds is 4. The molecule has 1 heterocycles. The van der Waals surface area contributed by atoms with Crippen LogP contribution >= 0.6 is 24.8 Å². The normalized spacial score (nSPS) is 19.7. The zero-order valence-electron chi connectivity index (χ0n) is 10.4. The summed E-state index contributed by atoms with van der Waals surface area (Å²) in [7, 11) is 0. The molecule has 1 saturated heterocycles. The Hall–Kier alpha value is -0.320. The molecule has 2 rings (SSSR count). The van der Waals surface area contributed by atoms with Crippen LogP contribution in [0.1, 0.15) is 12.0 Å². The average Bonchev–Trinajstić information content (AvgIpc) is 2.33. The van der Waals surface area contributed by atoms with E-state index in [0.717, 1.165) is 32.6 Å². The second-order valence-corrected chi connectivity index (χ2v) is 4.33. The van der Waals surface area contributed by atoms with E-state index in [2.05, 4.69) is 34.5 Å². The minimum Gasteiger partial charge on any atom is -0.396 e. The lowest BCUT2D eigenvalue weighted by Gasteiger charge is -2.36. The SMILES string of the molecule is Cl.Cl.OCCC1CNCCN1Cc1ccccc1. The van der Waals surface area contributed by atoms with Crippen molar-refractivity contribution in [2.24, 2.45) is 0 Å². The quantitative estimate of drug-likeness (QED) is 0.887. The maximum absolute atomic E-state index is 9.05. The molecule has 0 radical (unpaired) electrons. The van der Waals surface area contributed by atoms with Gasteiger partial charge in [0, 0.05) is 38.8 Å². The van der Waals surface area contributed by atoms with Gasteiger partial charge in [-0.25, -0.2) is 0 Å². The van der Waals surface area contributed by atoms with Gasteiger partial charge < -0.3 is 10.4 Å². The highest BCUT2D eigenvalue weighted by molar-refractivity contribution is 5.85. The van der Waals surface area contributed by atoms with Crippen LogP contribution in [0.2, 0.25) is 0 Å². The van der Waals surface area contributed by atoms with Crippen LogP contribution in [0.15, 0.2) is 30.3 Å². The van der Waals surface area contributed by atoms with E-state index >= 15 is 0 Å². The maximum Gasteiger partial charge on any atom is 0.0446 e. The molecule has 0 amide bonds. The third-order valence-corrected chi connectivity index (χ3v) is 3.16. The molecular weight excluding hydrogens is 271 g/mol. The number of hydrogen-bond acceptors (Lipinski definition) is 3. The molecule has 1 aliphatic heterocycles. The highest BCUT2D eigenvalue weighted by atomic mass is 35.5. The molecule has 0 aliphatic carbocycles. The van der Waals surface area contributed by atoms with Crippen molar-refractivity contribution in [3.8, 4) is 0 Å². The number of nitrogens with zero attached hydrogens (tertiary/aromatic N) is 1. The van der Waals surface area contributed by atoms with E-state index in [0.29, 0.717) is 6.04 Å². The van der Waals surface area contributed by atoms with Gasteiger partial charge in [0.25, 0.3) is 0 Å². The summed E-state index contributed by atoms with van der Waals surface area (Å²) in [6.45, 7) is 4.38. The van der Waals surface area contributed by atoms with Crippen LogP contribution in [0.4, 0.5) is 0 Å². The Morgan fingerprint density at radius 3 is 2.61 bits per heavy atom. The predicted octanol–water partition coefficient (Wildman–Crippen LogP) is 1.69. The molecule has 1 aromatic carbocycles. The predicted molar refractivity (Wildman–Crippen MR) is 79.7 cm³/mol. The number of aliphatic hydroxyl groups is 1. The van der Waals surface area contributed by atoms with Gasteiger partial charge in [0.15, 0.2) is 0 Å². The molecule has 18 heavy (non-hydrogen) atoms. The fourth-order valence-electron chi connectivity index (χ4n) is 2.26. The Morgan fingerprint density at radius 1 is 1.22 bits per heavy atom. The topological polar surface area (TPSA) is 35.5 Å². The first-order chi connectivity index (χ1) is 7.90. The van der Waals surface area contributed by atoms with Crippen LogP contribution in [0, 0.1) is 0 Å². The van der Waals surface area contributed by atoms with Crippen molar-refractivity contribution in [3.05, 3.63) is 35.9 Å². The zero-order valence-corrected chi connectivity index (χ0v) is 12.1. The summed E-state index contributed by atoms with van der Waals surface area (Å²) < 4.78 is 0. The number of hydrogen-bond donors (Lipinski definition) is 2. The molecule has 0 spiro atoms. The van der Waals surface area contributed by atoms with Gasteiger partial charge in [0.2, 0.25) is 0 Å². The van der Waals surface area contributed by atoms with E-state index in [4.69, 9.17) is 5.11 Å². The summed E-state index contributed by atoms with van der Waals surface area (Å²) in [5, 5.41) is 12.4. The number of halogens is 2. The first-order valence-electron chi connectivity index (χ1n) is 5.99. The van der Waals surface area contributed by atoms with Gasteiger partial charge in [-0.15, -0.1) is 24.8 Å². The molecule has 0 bridgehead atoms. The summed E-state index contributed by atoms with van der Waals surface area (Å²) in [5.74, 6) is 0. The monoisotopic (exact) mass is 292 g/mol. The zero-order chi connectivity index (χ0) is 11.2. The van der Waals surface area contributed by atoms with Crippen LogP contribution in [0.25, 0.3) is 0 Å². The molecule has 3 nitrogen and oxygen atoms in total. The Morgan fingerprint density at radius 2 is 1.94 bits per heavy atom. The smallest absolute Gasteiger partial charge is 0.0446 e. The summed E-state index contributed by atoms with van der Waals surface area (Å²) in [4.78, 5) is 2.46. The molecule has 1 atom stereocenters. The Bertz CT molecular complexity index is 309. The lowest BCUT2D eigenvalue weighted by molar-refractivity contribution is 0.123. The molecule has 1 fully saturated rings. The van der Waals surface area contributed by atoms with Gasteiger partial charge in [-0.1, -0.05) is 30.3 Å². The fourth-order valence-corrected chi connectivity index (χ4v) is 2.26. The summed E-state index contributed by atoms with van der Waals surface area (Å²) in [6.07, 6.45) is 0.861. The largest absolute Gasteiger partial charge is 0.396 e. The molecule has 0 saturated carbocycles. The van der Waals surface area contributed by atoms with Crippen LogP contribution in [0.5, 0.6) is 0 Å². The summed E-state index contributed by atoms with van der Waals surface area (Å²) >= 11 is 0. The van der Waals surface area contributed by atoms with E-state index in [1.165, 1.54) is 5.56 Å². The molecule has 1 unspecified atom stereocenters. The van der Waals surface area contributed by atoms with Crippen LogP contribution < -0.4 is 5.32 Å². The van der Waals surface area contributed by atoms with E-state index in [1.54, 1.807) is 0 Å². The summed E-state index contributed by atoms with van der Waals surface area (Å²) in [5.41, 5.74) is 1.35. The van der Waals surface area contributed by atoms with Crippen molar-refractivity contribution in [1.82, 2.24) is 10.2 Å². The van der Waals surface area contributed by atoms with Gasteiger partial charge in [-0.3, -0.25) is 4.90 Å². The number of nitrogens with one attached hydrogen (secondary N) is 1. The molecular formula is C13H22Cl2N2O. The van der Waals surface area contributed by atoms with Crippen molar-refractivity contribution >= 4 is 24.8 Å². The molecule has 0 aromatic heterocycles. The average molecular weight is 293 g/mol. The second kappa shape index (κ2) is 9.59. The van der Waals surface area contributed by atoms with Crippen molar-refractivity contribution in [2.75, 3.05) is 26.2 Å². The van der Waals surface area contributed by atoms with Gasteiger partial charge in [0.05, 0.1) is 0 Å². The van der Waals surface area contributed by atoms with E-state index in [1.807, 2.05) is 6.07 Å². The van der Waals surface area contributed by atoms with E-state index in [9.17, 15) is 0 Å². The van der Waals surface area contributed by atoms with Crippen LogP contribution in [0.3, 0.4) is 0 Å². The number of piperazine rings is 1. The van der Waals surface area contributed by atoms with Crippen molar-refractivity contribution < 1.29 is 5.11 Å². The van der Waals surface area contributed by atoms with Gasteiger partial charge in [0.1, 0.15) is 0 Å². The van der Waals surface area contributed by atoms with Crippen molar-refractivity contribution in [3.63, 3.8) is 0 Å². The van der Waals surface area contributed by atoms with Gasteiger partial charge in [-0.05, 0) is 12.0 Å². The number of benzene rings is 1. The lowest BCUT2D eigenvalue weighted by Crippen LogP contribution is -2.51. The number of aliphatic hydroxyl groups excluding tert-OH is 1. The third kappa shape index (κ3) is 5.12. The minimum atomic E-state index is 0. The Kier molecular flexibility index (Phi) is 9.42. The van der Waals surface area contributed by atoms with E-state index in [-0.39, 0.29) is 31.4 Å². The standard InChI is InChI=1S/C13H20N2O.2ClH/c16-9-6-13-10-14-7-8-15(13)11-12-4-2-1-3-5-12;;/h1-5,13-14,16H,6-11H2;2*1H. The van der Waals surface area contributed by atoms with Crippen molar-refractivity contribution in [2.45, 2.75) is 19.0 Å². The molecule has 2 N–H and O–H groups in total.